The van der Waals surface area contributed by atoms with Crippen molar-refractivity contribution in [1.82, 2.24) is 49.5 Å². The van der Waals surface area contributed by atoms with Crippen LogP contribution in [-0.2, 0) is 59.6 Å². The number of nitrogens with zero attached hydrogens (tertiary/aromatic N) is 10. The van der Waals surface area contributed by atoms with Crippen LogP contribution in [0.4, 0.5) is 0 Å². The van der Waals surface area contributed by atoms with Crippen LogP contribution in [-0.4, -0.2) is 115 Å². The zero-order valence-corrected chi connectivity index (χ0v) is 75.2. The Balaban J connectivity index is 0.000000187. The number of ether oxygens (including phenoxy) is 4. The van der Waals surface area contributed by atoms with Gasteiger partial charge in [0.25, 0.3) is 0 Å². The van der Waals surface area contributed by atoms with E-state index in [2.05, 4.69) is 292 Å². The zero-order chi connectivity index (χ0) is 83.1. The summed E-state index contributed by atoms with van der Waals surface area (Å²) in [5.74, 6) is 7.25. The summed E-state index contributed by atoms with van der Waals surface area (Å²) in [7, 11) is 9.20. The number of aromatic nitrogens is 10. The van der Waals surface area contributed by atoms with Crippen LogP contribution in [0.15, 0.2) is 291 Å². The summed E-state index contributed by atoms with van der Waals surface area (Å²) in [6, 6.07) is 97.2. The largest absolute Gasteiger partial charge is 0.0622 e. The van der Waals surface area contributed by atoms with Gasteiger partial charge in [-0.15, -0.1) is 16.6 Å². The number of fused-ring (bicyclic) bond motifs is 2. The molecule has 10 aromatic carbocycles. The van der Waals surface area contributed by atoms with Crippen molar-refractivity contribution in [3.05, 3.63) is 323 Å². The van der Waals surface area contributed by atoms with Gasteiger partial charge in [-0.1, -0.05) is 305 Å². The Bertz CT molecular complexity index is 5210. The Morgan fingerprint density at radius 2 is 0.812 bits per heavy atom. The monoisotopic (exact) mass is 1880 g/mol. The second kappa shape index (κ2) is 46.1. The van der Waals surface area contributed by atoms with Gasteiger partial charge in [0.2, 0.25) is 0 Å². The van der Waals surface area contributed by atoms with E-state index in [1.807, 2.05) is 97.1 Å². The smallest absolute Gasteiger partial charge is 0.0134 e. The van der Waals surface area contributed by atoms with Crippen molar-refractivity contribution in [3.63, 3.8) is 0 Å². The molecule has 14 rings (SSSR count). The second-order valence-electron chi connectivity index (χ2n) is 28.8. The average Bonchev–Trinajstić information content (AvgIpc) is 1.64. The van der Waals surface area contributed by atoms with Crippen LogP contribution in [0.1, 0.15) is 59.2 Å². The molecule has 4 heterocycles. The number of methoxy groups -OCH3 is 2. The van der Waals surface area contributed by atoms with Crippen molar-refractivity contribution in [2.45, 2.75) is 97.3 Å². The summed E-state index contributed by atoms with van der Waals surface area (Å²) < 4.78 is 28.6. The van der Waals surface area contributed by atoms with Gasteiger partial charge in [0.1, 0.15) is 24.8 Å². The molecule has 0 aliphatic heterocycles. The van der Waals surface area contributed by atoms with Crippen LogP contribution in [0.5, 0.6) is 0 Å². The predicted molar refractivity (Wildman–Crippen MR) is 489 cm³/mol. The van der Waals surface area contributed by atoms with Crippen molar-refractivity contribution in [3.8, 4) is 35.6 Å². The number of benzene rings is 10. The Labute approximate surface area is 721 Å². The molecule has 0 aliphatic carbocycles. The molecule has 0 fully saturated rings. The first-order chi connectivity index (χ1) is 55.8. The first-order valence-corrected chi connectivity index (χ1v) is 52.2. The molecule has 0 bridgehead atoms. The van der Waals surface area contributed by atoms with Gasteiger partial charge < -0.3 is 29.2 Å². The molecule has 0 amide bonds. The third kappa shape index (κ3) is 28.1. The van der Waals surface area contributed by atoms with E-state index in [4.69, 9.17) is 44.4 Å². The minimum Gasteiger partial charge on any atom is -0.0622 e. The normalized spacial score (nSPS) is 11.9. The Hall–Kier alpha value is -9.41. The van der Waals surface area contributed by atoms with Crippen LogP contribution in [0.3, 0.4) is 0 Å². The minimum absolute atomic E-state index is 0. The summed E-state index contributed by atoms with van der Waals surface area (Å²) in [6.45, 7) is 18.9. The fourth-order valence-corrected chi connectivity index (χ4v) is 17.9. The van der Waals surface area contributed by atoms with E-state index < -0.39 is 55.1 Å². The molecule has 26 heteroatoms. The third-order valence-electron chi connectivity index (χ3n) is 17.4. The standard InChI is InChI=1S/C27H31N5O4Si.2C18H15P.C15H11IN2O2.C12H21N3O2Si.CH4.2ClH.Pd/c1-27(34,24-18-31(30-28-24)19-36-15-16-37(3,4)5)14-13-20-9-8-10-21(17-20)32-23-12-7-6-11-22(23)25(29-32)26(33)35-2;2*1-4-10-16(11-5-1)19(17-12-6-2-7-13-17)18-14-8-3-9-15-18;1-20-15(19)14-12-7-2-3-8-13(12)18(17-14)11-6-4-5-10(16)9-11;1-6-12(2,16)11-9-15(14-13-11)10-17-7-8-18(3,4)5;;;;/h6-12,17-18,34H,15-16,19H2,1-5H3;2*1-15H;2-9H,1H3;1,9,16H,7-8,10H2,2-5H3;1H4;2*1H;/q;;;;;;;;+2/p-2. The summed E-state index contributed by atoms with van der Waals surface area (Å²) in [4.78, 5) is 24.1. The fourth-order valence-electron chi connectivity index (χ4n) is 11.3. The summed E-state index contributed by atoms with van der Waals surface area (Å²) in [6.07, 6.45) is 8.46. The van der Waals surface area contributed by atoms with Crippen molar-refractivity contribution < 1.29 is 54.7 Å². The molecule has 608 valence electrons. The number of aliphatic hydroxyl groups is 2. The maximum atomic E-state index is 12.2. The molecule has 117 heavy (non-hydrogen) atoms. The van der Waals surface area contributed by atoms with Crippen molar-refractivity contribution in [2.24, 2.45) is 0 Å². The van der Waals surface area contributed by atoms with Crippen LogP contribution >= 0.6 is 57.5 Å². The quantitative estimate of drug-likeness (QED) is 0.0162. The molecule has 4 aromatic heterocycles. The van der Waals surface area contributed by atoms with E-state index >= 15 is 0 Å². The van der Waals surface area contributed by atoms with E-state index in [1.54, 1.807) is 33.4 Å². The van der Waals surface area contributed by atoms with E-state index in [9.17, 15) is 19.8 Å². The van der Waals surface area contributed by atoms with Crippen molar-refractivity contribution in [2.75, 3.05) is 27.4 Å². The summed E-state index contributed by atoms with van der Waals surface area (Å²) >= 11 is 2.15. The number of carbonyl (C=O) groups excluding carboxylic acids is 2. The molecule has 0 radical (unpaired) electrons. The second-order valence-corrected chi connectivity index (χ2v) is 48.1. The molecule has 2 atom stereocenters. The zero-order valence-electron chi connectivity index (χ0n) is 66.2. The van der Waals surface area contributed by atoms with Gasteiger partial charge in [0.15, 0.2) is 22.6 Å². The van der Waals surface area contributed by atoms with Crippen molar-refractivity contribution in [1.29, 1.82) is 0 Å². The Morgan fingerprint density at radius 3 is 1.15 bits per heavy atom. The predicted octanol–water partition coefficient (Wildman–Crippen LogP) is 17.7. The number of para-hydroxylation sites is 2. The van der Waals surface area contributed by atoms with Gasteiger partial charge in [-0.3, -0.25) is 0 Å². The van der Waals surface area contributed by atoms with E-state index in [-0.39, 0.29) is 35.8 Å². The first kappa shape index (κ1) is 93.1. The van der Waals surface area contributed by atoms with Crippen LogP contribution in [0.25, 0.3) is 33.2 Å². The molecule has 0 spiro atoms. The number of esters is 2. The van der Waals surface area contributed by atoms with Crippen molar-refractivity contribution >= 4 is 139 Å². The van der Waals surface area contributed by atoms with E-state index in [0.29, 0.717) is 41.4 Å². The molecule has 14 aromatic rings. The minimum atomic E-state index is -1.51. The topological polar surface area (TPSA) is 209 Å². The maximum absolute atomic E-state index is 12.2. The molecule has 2 unspecified atom stereocenters. The number of rotatable bonds is 22. The van der Waals surface area contributed by atoms with Gasteiger partial charge in [-0.25, -0.2) is 28.3 Å². The number of hydrogen-bond acceptors (Lipinski definition) is 14. The maximum Gasteiger partial charge on any atom is -0.0134 e. The van der Waals surface area contributed by atoms with Gasteiger partial charge in [-0.2, -0.15) is 10.2 Å². The summed E-state index contributed by atoms with van der Waals surface area (Å²) in [5, 5.41) is 55.4. The molecule has 18 nitrogen and oxygen atoms in total. The SMILES string of the molecule is C.C#CC(C)(O)c1cn(COCC[Si](C)(C)C)nn1.COC(=O)c1nn(-c2cccc(C#CC(C)(O)c3cn(COCC[Si](C)(C)C)nn3)c2)c2ccccc12.COC(=O)c1nn(-c2cccc(I)c2)c2ccccc12.[Cl][Pd][Cl].c1ccc(P(c2ccccc2)c2ccccc2)cc1.c1ccc(P(c2ccccc2)c2ccccc2)cc1. The van der Waals surface area contributed by atoms with Gasteiger partial charge >= 0.3 is 46.9 Å². The van der Waals surface area contributed by atoms with E-state index in [1.165, 1.54) is 57.7 Å². The number of terminal acetylenes is 1. The average molecular weight is 1880 g/mol. The van der Waals surface area contributed by atoms with Gasteiger partial charge in [-0.05, 0) is 145 Å². The Morgan fingerprint density at radius 1 is 0.487 bits per heavy atom. The number of carbonyl (C=O) groups is 2. The van der Waals surface area contributed by atoms with Gasteiger partial charge in [0, 0.05) is 49.3 Å². The Kier molecular flexibility index (Phi) is 36.7. The molecule has 2 N–H and O–H groups in total. The summed E-state index contributed by atoms with van der Waals surface area (Å²) in [5.41, 5.74) is 2.34. The molecule has 0 saturated carbocycles. The molecular weight excluding hydrogens is 1780 g/mol. The van der Waals surface area contributed by atoms with E-state index in [0.717, 1.165) is 50.1 Å². The molecular formula is C91H97Cl2IN10O8P2PdSi2. The fraction of sp³-hybridized carbons (Fsp3) is 0.209. The van der Waals surface area contributed by atoms with Crippen LogP contribution < -0.4 is 31.8 Å². The molecule has 0 saturated heterocycles. The number of hydrogen-bond donors (Lipinski definition) is 2. The van der Waals surface area contributed by atoms with Crippen LogP contribution in [0.2, 0.25) is 51.4 Å². The third-order valence-corrected chi connectivity index (χ3v) is 26.4. The van der Waals surface area contributed by atoms with Gasteiger partial charge in [0.05, 0.1) is 49.0 Å². The molecule has 0 aliphatic rings. The number of halogens is 3. The van der Waals surface area contributed by atoms with Crippen LogP contribution in [0, 0.1) is 27.8 Å². The first-order valence-electron chi connectivity index (χ1n) is 37.0.